The molecule has 0 aliphatic heterocycles. The average Bonchev–Trinajstić information content (AvgIpc) is 2.21. The lowest BCUT2D eigenvalue weighted by molar-refractivity contribution is -0.107. The first kappa shape index (κ1) is 13.4. The maximum absolute atomic E-state index is 10.2. The average molecular weight is 196 g/mol. The van der Waals surface area contributed by atoms with E-state index in [4.69, 9.17) is 0 Å². The summed E-state index contributed by atoms with van der Waals surface area (Å²) < 4.78 is 0. The smallest absolute Gasteiger partial charge is 0.123 e. The van der Waals surface area contributed by atoms with E-state index >= 15 is 0 Å². The SMILES string of the molecule is CCCCC(/C=C/CC=O)CCCC. The van der Waals surface area contributed by atoms with E-state index in [2.05, 4.69) is 19.9 Å². The number of carbonyl (C=O) groups is 1. The predicted molar refractivity (Wildman–Crippen MR) is 62.4 cm³/mol. The fourth-order valence-corrected chi connectivity index (χ4v) is 1.60. The zero-order valence-corrected chi connectivity index (χ0v) is 9.67. The molecule has 0 atom stereocenters. The Bertz CT molecular complexity index is 141. The molecule has 1 heteroatoms. The van der Waals surface area contributed by atoms with Crippen molar-refractivity contribution in [2.75, 3.05) is 0 Å². The van der Waals surface area contributed by atoms with Crippen LogP contribution in [0.2, 0.25) is 0 Å². The highest BCUT2D eigenvalue weighted by Gasteiger charge is 2.02. The summed E-state index contributed by atoms with van der Waals surface area (Å²) in [6, 6.07) is 0. The molecular formula is C13H24O. The molecule has 0 aliphatic carbocycles. The van der Waals surface area contributed by atoms with Gasteiger partial charge in [-0.2, -0.15) is 0 Å². The Kier molecular flexibility index (Phi) is 10.0. The van der Waals surface area contributed by atoms with E-state index in [0.717, 1.165) is 6.29 Å². The van der Waals surface area contributed by atoms with Crippen molar-refractivity contribution in [2.24, 2.45) is 5.92 Å². The lowest BCUT2D eigenvalue weighted by Gasteiger charge is -2.10. The Balaban J connectivity index is 3.76. The summed E-state index contributed by atoms with van der Waals surface area (Å²) in [4.78, 5) is 10.2. The zero-order chi connectivity index (χ0) is 10.6. The summed E-state index contributed by atoms with van der Waals surface area (Å²) in [7, 11) is 0. The minimum atomic E-state index is 0.578. The number of allylic oxidation sites excluding steroid dienone is 2. The number of aldehydes is 1. The van der Waals surface area contributed by atoms with Crippen LogP contribution < -0.4 is 0 Å². The summed E-state index contributed by atoms with van der Waals surface area (Å²) in [6.07, 6.45) is 13.5. The van der Waals surface area contributed by atoms with E-state index in [-0.39, 0.29) is 0 Å². The molecule has 0 aromatic carbocycles. The van der Waals surface area contributed by atoms with Gasteiger partial charge in [-0.3, -0.25) is 0 Å². The Morgan fingerprint density at radius 1 is 1.07 bits per heavy atom. The van der Waals surface area contributed by atoms with E-state index < -0.39 is 0 Å². The van der Waals surface area contributed by atoms with Crippen molar-refractivity contribution in [1.29, 1.82) is 0 Å². The minimum Gasteiger partial charge on any atom is -0.303 e. The van der Waals surface area contributed by atoms with Gasteiger partial charge in [-0.25, -0.2) is 0 Å². The van der Waals surface area contributed by atoms with Gasteiger partial charge >= 0.3 is 0 Å². The van der Waals surface area contributed by atoms with Crippen LogP contribution in [0.3, 0.4) is 0 Å². The number of hydrogen-bond donors (Lipinski definition) is 0. The molecule has 0 amide bonds. The molecule has 0 saturated carbocycles. The molecule has 0 saturated heterocycles. The summed E-state index contributed by atoms with van der Waals surface area (Å²) in [5.74, 6) is 0.704. The van der Waals surface area contributed by atoms with Crippen LogP contribution in [-0.4, -0.2) is 6.29 Å². The van der Waals surface area contributed by atoms with Gasteiger partial charge in [0.25, 0.3) is 0 Å². The Hall–Kier alpha value is -0.590. The molecule has 0 N–H and O–H groups in total. The van der Waals surface area contributed by atoms with Crippen molar-refractivity contribution < 1.29 is 4.79 Å². The normalized spacial score (nSPS) is 11.4. The fraction of sp³-hybridized carbons (Fsp3) is 0.769. The minimum absolute atomic E-state index is 0.578. The number of rotatable bonds is 9. The standard InChI is InChI=1S/C13H24O/c1-3-5-9-13(10-6-4-2)11-7-8-12-14/h7,11-13H,3-6,8-10H2,1-2H3/b11-7+. The summed E-state index contributed by atoms with van der Waals surface area (Å²) in [5.41, 5.74) is 0. The number of unbranched alkanes of at least 4 members (excludes halogenated alkanes) is 2. The first-order valence-corrected chi connectivity index (χ1v) is 5.95. The van der Waals surface area contributed by atoms with E-state index in [1.54, 1.807) is 0 Å². The molecule has 0 bridgehead atoms. The van der Waals surface area contributed by atoms with E-state index in [9.17, 15) is 4.79 Å². The summed E-state index contributed by atoms with van der Waals surface area (Å²) in [6.45, 7) is 4.46. The van der Waals surface area contributed by atoms with Crippen LogP contribution >= 0.6 is 0 Å². The van der Waals surface area contributed by atoms with Gasteiger partial charge in [0.15, 0.2) is 0 Å². The van der Waals surface area contributed by atoms with E-state index in [1.807, 2.05) is 6.08 Å². The molecule has 0 heterocycles. The van der Waals surface area contributed by atoms with Crippen molar-refractivity contribution in [3.63, 3.8) is 0 Å². The van der Waals surface area contributed by atoms with Gasteiger partial charge in [0.05, 0.1) is 0 Å². The van der Waals surface area contributed by atoms with Gasteiger partial charge in [-0.15, -0.1) is 0 Å². The largest absolute Gasteiger partial charge is 0.303 e. The van der Waals surface area contributed by atoms with Gasteiger partial charge < -0.3 is 4.79 Å². The molecule has 0 aromatic rings. The number of hydrogen-bond acceptors (Lipinski definition) is 1. The third kappa shape index (κ3) is 8.03. The van der Waals surface area contributed by atoms with Crippen LogP contribution in [0.4, 0.5) is 0 Å². The second-order valence-corrected chi connectivity index (χ2v) is 3.88. The van der Waals surface area contributed by atoms with Crippen LogP contribution in [0, 0.1) is 5.92 Å². The summed E-state index contributed by atoms with van der Waals surface area (Å²) >= 11 is 0. The maximum Gasteiger partial charge on any atom is 0.123 e. The highest BCUT2D eigenvalue weighted by Crippen LogP contribution is 2.17. The first-order chi connectivity index (χ1) is 6.85. The van der Waals surface area contributed by atoms with Crippen LogP contribution in [0.1, 0.15) is 58.8 Å². The topological polar surface area (TPSA) is 17.1 Å². The Morgan fingerprint density at radius 3 is 2.07 bits per heavy atom. The second kappa shape index (κ2) is 10.5. The van der Waals surface area contributed by atoms with Gasteiger partial charge in [0.1, 0.15) is 6.29 Å². The Labute approximate surface area is 88.6 Å². The van der Waals surface area contributed by atoms with E-state index in [0.29, 0.717) is 12.3 Å². The van der Waals surface area contributed by atoms with Gasteiger partial charge in [0, 0.05) is 6.42 Å². The van der Waals surface area contributed by atoms with Crippen molar-refractivity contribution in [2.45, 2.75) is 58.8 Å². The summed E-state index contributed by atoms with van der Waals surface area (Å²) in [5, 5.41) is 0. The van der Waals surface area contributed by atoms with Crippen LogP contribution in [-0.2, 0) is 4.79 Å². The molecule has 0 unspecified atom stereocenters. The molecular weight excluding hydrogens is 172 g/mol. The monoisotopic (exact) mass is 196 g/mol. The molecule has 14 heavy (non-hydrogen) atoms. The van der Waals surface area contributed by atoms with Crippen LogP contribution in [0.15, 0.2) is 12.2 Å². The molecule has 0 aromatic heterocycles. The molecule has 0 radical (unpaired) electrons. The zero-order valence-electron chi connectivity index (χ0n) is 9.67. The molecule has 0 spiro atoms. The molecule has 82 valence electrons. The lowest BCUT2D eigenvalue weighted by Crippen LogP contribution is -1.96. The second-order valence-electron chi connectivity index (χ2n) is 3.88. The van der Waals surface area contributed by atoms with Crippen LogP contribution in [0.25, 0.3) is 0 Å². The molecule has 1 nitrogen and oxygen atoms in total. The highest BCUT2D eigenvalue weighted by atomic mass is 16.1. The van der Waals surface area contributed by atoms with Crippen molar-refractivity contribution >= 4 is 6.29 Å². The van der Waals surface area contributed by atoms with Gasteiger partial charge in [-0.05, 0) is 18.8 Å². The predicted octanol–water partition coefficient (Wildman–Crippen LogP) is 4.13. The quantitative estimate of drug-likeness (QED) is 0.400. The first-order valence-electron chi connectivity index (χ1n) is 5.95. The van der Waals surface area contributed by atoms with E-state index in [1.165, 1.54) is 38.5 Å². The molecule has 0 fully saturated rings. The van der Waals surface area contributed by atoms with Crippen LogP contribution in [0.5, 0.6) is 0 Å². The lowest BCUT2D eigenvalue weighted by atomic mass is 9.95. The Morgan fingerprint density at radius 2 is 1.64 bits per heavy atom. The highest BCUT2D eigenvalue weighted by molar-refractivity contribution is 5.51. The fourth-order valence-electron chi connectivity index (χ4n) is 1.60. The number of carbonyl (C=O) groups excluding carboxylic acids is 1. The molecule has 0 rings (SSSR count). The third-order valence-electron chi connectivity index (χ3n) is 2.50. The van der Waals surface area contributed by atoms with Crippen molar-refractivity contribution in [3.05, 3.63) is 12.2 Å². The van der Waals surface area contributed by atoms with Crippen molar-refractivity contribution in [3.8, 4) is 0 Å². The molecule has 0 aliphatic rings. The van der Waals surface area contributed by atoms with Gasteiger partial charge in [0.2, 0.25) is 0 Å². The maximum atomic E-state index is 10.2. The third-order valence-corrected chi connectivity index (χ3v) is 2.50. The van der Waals surface area contributed by atoms with Gasteiger partial charge in [-0.1, -0.05) is 51.7 Å². The van der Waals surface area contributed by atoms with Crippen molar-refractivity contribution in [1.82, 2.24) is 0 Å².